The lowest BCUT2D eigenvalue weighted by atomic mass is 10.2. The smallest absolute Gasteiger partial charge is 0.270 e. The van der Waals surface area contributed by atoms with Gasteiger partial charge in [0.05, 0.1) is 15.5 Å². The first-order chi connectivity index (χ1) is 11.5. The molecule has 24 heavy (non-hydrogen) atoms. The van der Waals surface area contributed by atoms with Crippen LogP contribution < -0.4 is 4.90 Å². The van der Waals surface area contributed by atoms with E-state index in [0.717, 1.165) is 17.3 Å². The van der Waals surface area contributed by atoms with Crippen LogP contribution in [0.15, 0.2) is 53.4 Å². The number of phenols is 1. The van der Waals surface area contributed by atoms with Crippen LogP contribution in [0.2, 0.25) is 0 Å². The number of nitrogens with zero attached hydrogens (tertiary/aromatic N) is 2. The number of nitro benzene ring substituents is 1. The Labute approximate surface area is 146 Å². The minimum atomic E-state index is -0.501. The van der Waals surface area contributed by atoms with Gasteiger partial charge in [0, 0.05) is 12.1 Å². The monoisotopic (exact) mass is 358 g/mol. The van der Waals surface area contributed by atoms with Gasteiger partial charge < -0.3 is 5.11 Å². The number of anilines is 1. The Bertz CT molecular complexity index is 861. The molecule has 0 aliphatic carbocycles. The largest absolute Gasteiger partial charge is 0.508 e. The Kier molecular flexibility index (Phi) is 4.32. The van der Waals surface area contributed by atoms with Gasteiger partial charge in [0.2, 0.25) is 0 Å². The van der Waals surface area contributed by atoms with Gasteiger partial charge in [-0.15, -0.1) is 0 Å². The van der Waals surface area contributed by atoms with Crippen LogP contribution >= 0.6 is 24.0 Å². The van der Waals surface area contributed by atoms with E-state index < -0.39 is 4.92 Å². The number of aromatic hydroxyl groups is 1. The SMILES string of the molecule is O=C1/C(=C\c2ccc(O)cc2)SC(=S)N1c1ccc([N+](=O)[O-])cc1. The van der Waals surface area contributed by atoms with Crippen molar-refractivity contribution in [2.75, 3.05) is 4.90 Å². The third-order valence-corrected chi connectivity index (χ3v) is 4.61. The Balaban J connectivity index is 1.88. The molecule has 8 heteroatoms. The normalized spacial score (nSPS) is 16.0. The van der Waals surface area contributed by atoms with Crippen molar-refractivity contribution >= 4 is 51.7 Å². The van der Waals surface area contributed by atoms with Gasteiger partial charge in [-0.3, -0.25) is 19.8 Å². The molecule has 1 aliphatic heterocycles. The van der Waals surface area contributed by atoms with E-state index in [1.165, 1.54) is 41.3 Å². The van der Waals surface area contributed by atoms with Crippen molar-refractivity contribution in [3.8, 4) is 5.75 Å². The van der Waals surface area contributed by atoms with Gasteiger partial charge in [-0.2, -0.15) is 0 Å². The highest BCUT2D eigenvalue weighted by Gasteiger charge is 2.33. The molecule has 6 nitrogen and oxygen atoms in total. The molecule has 0 saturated carbocycles. The van der Waals surface area contributed by atoms with E-state index >= 15 is 0 Å². The Morgan fingerprint density at radius 1 is 1.12 bits per heavy atom. The zero-order chi connectivity index (χ0) is 17.3. The number of carbonyl (C=O) groups excluding carboxylic acids is 1. The molecule has 120 valence electrons. The van der Waals surface area contributed by atoms with E-state index in [0.29, 0.717) is 14.9 Å². The van der Waals surface area contributed by atoms with Crippen molar-refractivity contribution < 1.29 is 14.8 Å². The lowest BCUT2D eigenvalue weighted by molar-refractivity contribution is -0.384. The average molecular weight is 358 g/mol. The van der Waals surface area contributed by atoms with E-state index in [1.54, 1.807) is 18.2 Å². The van der Waals surface area contributed by atoms with Gasteiger partial charge in [-0.25, -0.2) is 0 Å². The number of hydrogen-bond acceptors (Lipinski definition) is 6. The quantitative estimate of drug-likeness (QED) is 0.390. The summed E-state index contributed by atoms with van der Waals surface area (Å²) < 4.78 is 0.360. The summed E-state index contributed by atoms with van der Waals surface area (Å²) in [5.74, 6) is -0.141. The number of hydrogen-bond donors (Lipinski definition) is 1. The van der Waals surface area contributed by atoms with Crippen LogP contribution in [0.3, 0.4) is 0 Å². The van der Waals surface area contributed by atoms with Crippen LogP contribution in [0.5, 0.6) is 5.75 Å². The number of thiocarbonyl (C=S) groups is 1. The molecule has 0 radical (unpaired) electrons. The molecule has 2 aromatic carbocycles. The highest BCUT2D eigenvalue weighted by atomic mass is 32.2. The third kappa shape index (κ3) is 3.15. The Hall–Kier alpha value is -2.71. The molecule has 1 aliphatic rings. The number of phenolic OH excluding ortho intramolecular Hbond substituents is 1. The van der Waals surface area contributed by atoms with Crippen molar-refractivity contribution in [2.24, 2.45) is 0 Å². The molecule has 1 amide bonds. The molecule has 0 aromatic heterocycles. The van der Waals surface area contributed by atoms with Crippen LogP contribution in [0.25, 0.3) is 6.08 Å². The van der Waals surface area contributed by atoms with Gasteiger partial charge in [0.1, 0.15) is 5.75 Å². The molecule has 0 atom stereocenters. The summed E-state index contributed by atoms with van der Waals surface area (Å²) in [5, 5.41) is 20.0. The van der Waals surface area contributed by atoms with Gasteiger partial charge in [-0.05, 0) is 35.9 Å². The number of amides is 1. The maximum absolute atomic E-state index is 12.6. The van der Waals surface area contributed by atoms with Crippen LogP contribution in [0, 0.1) is 10.1 Å². The molecule has 0 unspecified atom stereocenters. The fraction of sp³-hybridized carbons (Fsp3) is 0. The van der Waals surface area contributed by atoms with E-state index in [9.17, 15) is 20.0 Å². The van der Waals surface area contributed by atoms with E-state index in [2.05, 4.69) is 0 Å². The molecule has 1 saturated heterocycles. The molecule has 0 spiro atoms. The molecule has 1 heterocycles. The Morgan fingerprint density at radius 3 is 2.33 bits per heavy atom. The van der Waals surface area contributed by atoms with Crippen molar-refractivity contribution in [1.82, 2.24) is 0 Å². The first-order valence-electron chi connectivity index (χ1n) is 6.77. The summed E-state index contributed by atoms with van der Waals surface area (Å²) in [6.07, 6.45) is 1.68. The van der Waals surface area contributed by atoms with Crippen molar-refractivity contribution in [3.63, 3.8) is 0 Å². The van der Waals surface area contributed by atoms with Gasteiger partial charge in [-0.1, -0.05) is 36.1 Å². The molecular formula is C16H10N2O4S2. The van der Waals surface area contributed by atoms with Crippen LogP contribution in [0.1, 0.15) is 5.56 Å². The molecule has 2 aromatic rings. The van der Waals surface area contributed by atoms with E-state index in [-0.39, 0.29) is 17.3 Å². The number of thioether (sulfide) groups is 1. The summed E-state index contributed by atoms with van der Waals surface area (Å²) in [6, 6.07) is 12.1. The molecule has 1 N–H and O–H groups in total. The highest BCUT2D eigenvalue weighted by molar-refractivity contribution is 8.27. The molecular weight excluding hydrogens is 348 g/mol. The predicted octanol–water partition coefficient (Wildman–Crippen LogP) is 3.71. The zero-order valence-electron chi connectivity index (χ0n) is 12.1. The minimum absolute atomic E-state index is 0.0520. The van der Waals surface area contributed by atoms with Gasteiger partial charge in [0.15, 0.2) is 4.32 Å². The topological polar surface area (TPSA) is 83.7 Å². The van der Waals surface area contributed by atoms with Crippen LogP contribution in [-0.2, 0) is 4.79 Å². The summed E-state index contributed by atoms with van der Waals surface area (Å²) in [6.45, 7) is 0. The molecule has 0 bridgehead atoms. The van der Waals surface area contributed by atoms with E-state index in [1.807, 2.05) is 0 Å². The average Bonchev–Trinajstić information content (AvgIpc) is 2.83. The lowest BCUT2D eigenvalue weighted by Crippen LogP contribution is -2.27. The summed E-state index contributed by atoms with van der Waals surface area (Å²) in [4.78, 5) is 24.6. The second-order valence-electron chi connectivity index (χ2n) is 4.88. The highest BCUT2D eigenvalue weighted by Crippen LogP contribution is 2.36. The fourth-order valence-corrected chi connectivity index (χ4v) is 3.43. The zero-order valence-corrected chi connectivity index (χ0v) is 13.7. The fourth-order valence-electron chi connectivity index (χ4n) is 2.14. The van der Waals surface area contributed by atoms with Crippen molar-refractivity contribution in [2.45, 2.75) is 0 Å². The number of rotatable bonds is 3. The van der Waals surface area contributed by atoms with Crippen LogP contribution in [-0.4, -0.2) is 20.3 Å². The summed E-state index contributed by atoms with van der Waals surface area (Å²) in [5.41, 5.74) is 1.19. The maximum Gasteiger partial charge on any atom is 0.270 e. The van der Waals surface area contributed by atoms with Crippen LogP contribution in [0.4, 0.5) is 11.4 Å². The number of nitro groups is 1. The molecule has 1 fully saturated rings. The lowest BCUT2D eigenvalue weighted by Gasteiger charge is -2.13. The number of carbonyl (C=O) groups is 1. The van der Waals surface area contributed by atoms with E-state index in [4.69, 9.17) is 12.2 Å². The standard InChI is InChI=1S/C16H10N2O4S2/c19-13-7-1-10(2-8-13)9-14-15(20)17(16(23)24-14)11-3-5-12(6-4-11)18(21)22/h1-9,19H/b14-9+. The minimum Gasteiger partial charge on any atom is -0.508 e. The van der Waals surface area contributed by atoms with Crippen molar-refractivity contribution in [1.29, 1.82) is 0 Å². The summed E-state index contributed by atoms with van der Waals surface area (Å²) >= 11 is 6.41. The third-order valence-electron chi connectivity index (χ3n) is 3.30. The van der Waals surface area contributed by atoms with Gasteiger partial charge in [0.25, 0.3) is 11.6 Å². The van der Waals surface area contributed by atoms with Crippen molar-refractivity contribution in [3.05, 3.63) is 69.1 Å². The molecule has 3 rings (SSSR count). The number of non-ortho nitro benzene ring substituents is 1. The second kappa shape index (κ2) is 6.42. The summed E-state index contributed by atoms with van der Waals surface area (Å²) in [7, 11) is 0. The first kappa shape index (κ1) is 16.2. The first-order valence-corrected chi connectivity index (χ1v) is 7.99. The predicted molar refractivity (Wildman–Crippen MR) is 96.9 cm³/mol. The number of benzene rings is 2. The maximum atomic E-state index is 12.6. The van der Waals surface area contributed by atoms with Gasteiger partial charge >= 0.3 is 0 Å². The second-order valence-corrected chi connectivity index (χ2v) is 6.56. The Morgan fingerprint density at radius 2 is 1.75 bits per heavy atom.